The summed E-state index contributed by atoms with van der Waals surface area (Å²) in [6.07, 6.45) is 4.88. The molecule has 188 valence electrons. The molecule has 36 heavy (non-hydrogen) atoms. The second-order valence-corrected chi connectivity index (χ2v) is 8.53. The van der Waals surface area contributed by atoms with Crippen molar-refractivity contribution in [2.45, 2.75) is 31.5 Å². The molecule has 3 rings (SSSR count). The number of Topliss-reactive ketones (excluding diaryl/α,β-unsaturated/α-hetero) is 1. The smallest absolute Gasteiger partial charge is 0.408 e. The second kappa shape index (κ2) is 11.9. The van der Waals surface area contributed by atoms with Gasteiger partial charge in [-0.25, -0.2) is 9.59 Å². The lowest BCUT2D eigenvalue weighted by Gasteiger charge is -2.38. The number of carbonyl (C=O) groups is 4. The normalized spacial score (nSPS) is 19.0. The number of aliphatic carboxylic acids is 2. The number of hydrogen-bond acceptors (Lipinski definition) is 6. The van der Waals surface area contributed by atoms with Gasteiger partial charge in [-0.1, -0.05) is 85.0 Å². The lowest BCUT2D eigenvalue weighted by molar-refractivity contribution is -0.149. The minimum absolute atomic E-state index is 0.0248. The number of carbonyl (C=O) groups excluding carboxylic acids is 2. The fraction of sp³-hybridized carbons (Fsp3) is 0.259. The zero-order chi connectivity index (χ0) is 26.1. The SMILES string of the molecule is N[C@H](C(=O)C1([C@@H](NC(=O)OCc2ccccc2)C(=O)O)C=CC=CC1)C(Cc1ccccc1)C(=O)O. The first-order valence-corrected chi connectivity index (χ1v) is 11.4. The van der Waals surface area contributed by atoms with E-state index in [0.717, 1.165) is 0 Å². The number of nitrogens with two attached hydrogens (primary N) is 1. The first kappa shape index (κ1) is 26.4. The Morgan fingerprint density at radius 2 is 1.53 bits per heavy atom. The van der Waals surface area contributed by atoms with E-state index < -0.39 is 47.2 Å². The average Bonchev–Trinajstić information content (AvgIpc) is 2.89. The molecule has 0 bridgehead atoms. The molecule has 9 nitrogen and oxygen atoms in total. The number of rotatable bonds is 11. The minimum Gasteiger partial charge on any atom is -0.481 e. The summed E-state index contributed by atoms with van der Waals surface area (Å²) in [6, 6.07) is 14.2. The highest BCUT2D eigenvalue weighted by Gasteiger charge is 2.51. The third kappa shape index (κ3) is 6.25. The Morgan fingerprint density at radius 3 is 2.06 bits per heavy atom. The van der Waals surface area contributed by atoms with Crippen LogP contribution < -0.4 is 11.1 Å². The van der Waals surface area contributed by atoms with Crippen molar-refractivity contribution in [2.75, 3.05) is 0 Å². The van der Waals surface area contributed by atoms with Gasteiger partial charge in [-0.05, 0) is 24.0 Å². The van der Waals surface area contributed by atoms with Crippen molar-refractivity contribution in [3.63, 3.8) is 0 Å². The molecule has 0 aromatic heterocycles. The number of ether oxygens (including phenoxy) is 1. The summed E-state index contributed by atoms with van der Waals surface area (Å²) in [4.78, 5) is 50.6. The van der Waals surface area contributed by atoms with E-state index in [1.165, 1.54) is 12.2 Å². The highest BCUT2D eigenvalue weighted by Crippen LogP contribution is 2.36. The van der Waals surface area contributed by atoms with Crippen LogP contribution in [0.15, 0.2) is 85.0 Å². The summed E-state index contributed by atoms with van der Waals surface area (Å²) in [7, 11) is 0. The Morgan fingerprint density at radius 1 is 0.917 bits per heavy atom. The van der Waals surface area contributed by atoms with Gasteiger partial charge in [-0.15, -0.1) is 0 Å². The molecule has 0 saturated carbocycles. The van der Waals surface area contributed by atoms with Crippen molar-refractivity contribution in [3.05, 3.63) is 96.1 Å². The van der Waals surface area contributed by atoms with Crippen molar-refractivity contribution in [1.82, 2.24) is 5.32 Å². The maximum atomic E-state index is 13.7. The van der Waals surface area contributed by atoms with Crippen molar-refractivity contribution >= 4 is 23.8 Å². The fourth-order valence-electron chi connectivity index (χ4n) is 4.20. The monoisotopic (exact) mass is 492 g/mol. The van der Waals surface area contributed by atoms with Crippen LogP contribution in [0, 0.1) is 11.3 Å². The zero-order valence-corrected chi connectivity index (χ0v) is 19.4. The molecule has 0 radical (unpaired) electrons. The van der Waals surface area contributed by atoms with Crippen LogP contribution in [-0.2, 0) is 32.1 Å². The van der Waals surface area contributed by atoms with Crippen LogP contribution in [0.5, 0.6) is 0 Å². The number of alkyl carbamates (subject to hydrolysis) is 1. The highest BCUT2D eigenvalue weighted by atomic mass is 16.5. The van der Waals surface area contributed by atoms with E-state index in [1.54, 1.807) is 72.8 Å². The molecular formula is C27H28N2O7. The molecular weight excluding hydrogens is 464 g/mol. The number of carboxylic acid groups (broad SMARTS) is 2. The van der Waals surface area contributed by atoms with Gasteiger partial charge >= 0.3 is 18.0 Å². The molecule has 0 fully saturated rings. The summed E-state index contributed by atoms with van der Waals surface area (Å²) < 4.78 is 5.16. The first-order valence-electron chi connectivity index (χ1n) is 11.4. The van der Waals surface area contributed by atoms with E-state index in [1.807, 2.05) is 0 Å². The predicted molar refractivity (Wildman–Crippen MR) is 131 cm³/mol. The summed E-state index contributed by atoms with van der Waals surface area (Å²) in [5, 5.41) is 22.1. The van der Waals surface area contributed by atoms with Crippen LogP contribution in [0.2, 0.25) is 0 Å². The molecule has 0 heterocycles. The second-order valence-electron chi connectivity index (χ2n) is 8.53. The highest BCUT2D eigenvalue weighted by molar-refractivity contribution is 6.00. The van der Waals surface area contributed by atoms with Crippen molar-refractivity contribution in [2.24, 2.45) is 17.1 Å². The molecule has 1 amide bonds. The van der Waals surface area contributed by atoms with Gasteiger partial charge in [0.2, 0.25) is 0 Å². The number of amides is 1. The van der Waals surface area contributed by atoms with Gasteiger partial charge in [0.05, 0.1) is 17.4 Å². The summed E-state index contributed by atoms with van der Waals surface area (Å²) >= 11 is 0. The van der Waals surface area contributed by atoms with Gasteiger partial charge < -0.3 is 26.0 Å². The molecule has 5 N–H and O–H groups in total. The average molecular weight is 493 g/mol. The number of ketones is 1. The van der Waals surface area contributed by atoms with Crippen molar-refractivity contribution in [3.8, 4) is 0 Å². The maximum Gasteiger partial charge on any atom is 0.408 e. The molecule has 0 spiro atoms. The Bertz CT molecular complexity index is 1150. The third-order valence-electron chi connectivity index (χ3n) is 6.14. The summed E-state index contributed by atoms with van der Waals surface area (Å²) in [5.74, 6) is -4.88. The molecule has 9 heteroatoms. The van der Waals surface area contributed by atoms with Gasteiger partial charge in [0.15, 0.2) is 5.78 Å². The number of benzene rings is 2. The summed E-state index contributed by atoms with van der Waals surface area (Å²) in [5.41, 5.74) is 5.75. The molecule has 0 aliphatic heterocycles. The number of allylic oxidation sites excluding steroid dienone is 3. The number of carboxylic acids is 2. The van der Waals surface area contributed by atoms with Crippen LogP contribution in [0.25, 0.3) is 0 Å². The van der Waals surface area contributed by atoms with Crippen LogP contribution in [0.3, 0.4) is 0 Å². The van der Waals surface area contributed by atoms with Gasteiger partial charge in [-0.3, -0.25) is 9.59 Å². The van der Waals surface area contributed by atoms with Crippen LogP contribution >= 0.6 is 0 Å². The predicted octanol–water partition coefficient (Wildman–Crippen LogP) is 2.71. The van der Waals surface area contributed by atoms with Crippen molar-refractivity contribution < 1.29 is 34.1 Å². The molecule has 4 atom stereocenters. The third-order valence-corrected chi connectivity index (χ3v) is 6.14. The standard InChI is InChI=1S/C27H28N2O7/c28-21(20(24(31)32)16-18-10-4-1-5-11-18)23(30)27(14-8-3-9-15-27)22(25(33)34)29-26(35)36-17-19-12-6-2-7-13-19/h1-14,20-22H,15-17,28H2,(H,29,35)(H,31,32)(H,33,34)/t20?,21-,22-,27?/m0/s1. The topological polar surface area (TPSA) is 156 Å². The van der Waals surface area contributed by atoms with Crippen LogP contribution in [0.1, 0.15) is 17.5 Å². The number of hydrogen-bond donors (Lipinski definition) is 4. The van der Waals surface area contributed by atoms with E-state index in [4.69, 9.17) is 10.5 Å². The van der Waals surface area contributed by atoms with Crippen molar-refractivity contribution in [1.29, 1.82) is 0 Å². The van der Waals surface area contributed by atoms with E-state index in [2.05, 4.69) is 5.32 Å². The van der Waals surface area contributed by atoms with E-state index in [9.17, 15) is 29.4 Å². The van der Waals surface area contributed by atoms with E-state index in [0.29, 0.717) is 11.1 Å². The molecule has 0 saturated heterocycles. The van der Waals surface area contributed by atoms with Gasteiger partial charge in [0.1, 0.15) is 12.6 Å². The maximum absolute atomic E-state index is 13.7. The first-order chi connectivity index (χ1) is 17.2. The molecule has 1 aliphatic carbocycles. The lowest BCUT2D eigenvalue weighted by Crippen LogP contribution is -2.60. The molecule has 2 aromatic carbocycles. The van der Waals surface area contributed by atoms with E-state index in [-0.39, 0.29) is 19.4 Å². The Balaban J connectivity index is 1.85. The molecule has 2 aromatic rings. The van der Waals surface area contributed by atoms with Gasteiger partial charge in [0.25, 0.3) is 0 Å². The largest absolute Gasteiger partial charge is 0.481 e. The Hall–Kier alpha value is -4.24. The quantitative estimate of drug-likeness (QED) is 0.373. The zero-order valence-electron chi connectivity index (χ0n) is 19.4. The Kier molecular flexibility index (Phi) is 8.75. The molecule has 2 unspecified atom stereocenters. The fourth-order valence-corrected chi connectivity index (χ4v) is 4.20. The lowest BCUT2D eigenvalue weighted by atomic mass is 9.67. The Labute approximate surface area is 208 Å². The van der Waals surface area contributed by atoms with Crippen LogP contribution in [-0.4, -0.2) is 46.1 Å². The minimum atomic E-state index is -1.81. The van der Waals surface area contributed by atoms with Gasteiger partial charge in [0, 0.05) is 0 Å². The summed E-state index contributed by atoms with van der Waals surface area (Å²) in [6.45, 7) is -0.104. The van der Waals surface area contributed by atoms with E-state index >= 15 is 0 Å². The molecule has 1 aliphatic rings. The van der Waals surface area contributed by atoms with Crippen LogP contribution in [0.4, 0.5) is 4.79 Å². The number of nitrogens with one attached hydrogen (secondary N) is 1. The van der Waals surface area contributed by atoms with Gasteiger partial charge in [-0.2, -0.15) is 0 Å².